The lowest BCUT2D eigenvalue weighted by atomic mass is 10.0. The fraction of sp³-hybridized carbons (Fsp3) is 0.533. The zero-order valence-electron chi connectivity index (χ0n) is 12.7. The van der Waals surface area contributed by atoms with E-state index in [1.165, 1.54) is 0 Å². The topological polar surface area (TPSA) is 109 Å². The zero-order chi connectivity index (χ0) is 16.2. The number of nitrogens with zero attached hydrogens (tertiary/aromatic N) is 1. The summed E-state index contributed by atoms with van der Waals surface area (Å²) < 4.78 is 0. The lowest BCUT2D eigenvalue weighted by Gasteiger charge is -2.16. The summed E-state index contributed by atoms with van der Waals surface area (Å²) in [4.78, 5) is 27.2. The van der Waals surface area contributed by atoms with Gasteiger partial charge in [0.2, 0.25) is 5.91 Å². The van der Waals surface area contributed by atoms with E-state index in [0.29, 0.717) is 23.3 Å². The van der Waals surface area contributed by atoms with Crippen LogP contribution in [-0.4, -0.2) is 40.0 Å². The highest BCUT2D eigenvalue weighted by molar-refractivity contribution is 8.00. The molecule has 0 aliphatic carbocycles. The number of hydrogen-bond donors (Lipinski definition) is 4. The van der Waals surface area contributed by atoms with Gasteiger partial charge in [0.15, 0.2) is 0 Å². The Balaban J connectivity index is 1.35. The molecule has 3 atom stereocenters. The lowest BCUT2D eigenvalue weighted by molar-refractivity contribution is -0.116. The number of amides is 3. The van der Waals surface area contributed by atoms with Crippen LogP contribution in [0.4, 0.5) is 16.4 Å². The molecule has 0 saturated carbocycles. The highest BCUT2D eigenvalue weighted by atomic mass is 32.2. The number of nitrogens with one attached hydrogen (secondary N) is 3. The van der Waals surface area contributed by atoms with Crippen LogP contribution < -0.4 is 21.7 Å². The van der Waals surface area contributed by atoms with E-state index < -0.39 is 0 Å². The predicted octanol–water partition coefficient (Wildman–Crippen LogP) is 1.33. The van der Waals surface area contributed by atoms with Crippen molar-refractivity contribution < 1.29 is 9.59 Å². The molecule has 3 rings (SSSR count). The van der Waals surface area contributed by atoms with E-state index in [1.807, 2.05) is 11.8 Å². The van der Waals surface area contributed by atoms with Crippen LogP contribution in [0.1, 0.15) is 25.7 Å². The third kappa shape index (κ3) is 4.07. The Bertz CT molecular complexity index is 597. The van der Waals surface area contributed by atoms with E-state index in [2.05, 4.69) is 20.9 Å². The first kappa shape index (κ1) is 15.9. The Kier molecular flexibility index (Phi) is 4.90. The molecule has 2 fully saturated rings. The first-order valence-electron chi connectivity index (χ1n) is 7.83. The van der Waals surface area contributed by atoms with E-state index >= 15 is 0 Å². The minimum absolute atomic E-state index is 0.0455. The highest BCUT2D eigenvalue weighted by Gasteiger charge is 2.42. The van der Waals surface area contributed by atoms with Gasteiger partial charge in [0, 0.05) is 17.4 Å². The predicted molar refractivity (Wildman–Crippen MR) is 91.2 cm³/mol. The van der Waals surface area contributed by atoms with Crippen LogP contribution in [0.2, 0.25) is 0 Å². The van der Waals surface area contributed by atoms with Gasteiger partial charge in [-0.25, -0.2) is 9.78 Å². The van der Waals surface area contributed by atoms with Crippen molar-refractivity contribution in [2.75, 3.05) is 16.8 Å². The second-order valence-corrected chi connectivity index (χ2v) is 7.14. The van der Waals surface area contributed by atoms with E-state index in [9.17, 15) is 9.59 Å². The number of fused-ring (bicyclic) bond motifs is 1. The van der Waals surface area contributed by atoms with Crippen LogP contribution >= 0.6 is 11.8 Å². The highest BCUT2D eigenvalue weighted by Crippen LogP contribution is 2.33. The van der Waals surface area contributed by atoms with Crippen LogP contribution in [0.15, 0.2) is 18.2 Å². The van der Waals surface area contributed by atoms with E-state index in [1.54, 1.807) is 18.2 Å². The van der Waals surface area contributed by atoms with Crippen LogP contribution in [0.25, 0.3) is 0 Å². The summed E-state index contributed by atoms with van der Waals surface area (Å²) >= 11 is 1.90. The third-order valence-corrected chi connectivity index (χ3v) is 5.63. The molecule has 8 heteroatoms. The Morgan fingerprint density at radius 1 is 1.39 bits per heavy atom. The standard InChI is InChI=1S/C15H21N5O2S/c16-11-5-3-6-12(18-11)19-13(21)7-2-1-4-10-14-9(8-23-10)17-15(22)20-14/h3,5-6,9-10,14H,1-2,4,7-8H2,(H2,17,20,22)(H3,16,18,19,21). The van der Waals surface area contributed by atoms with Gasteiger partial charge in [-0.2, -0.15) is 11.8 Å². The summed E-state index contributed by atoms with van der Waals surface area (Å²) in [6, 6.07) is 5.60. The molecule has 1 aromatic rings. The van der Waals surface area contributed by atoms with E-state index in [4.69, 9.17) is 5.73 Å². The minimum Gasteiger partial charge on any atom is -0.384 e. The Morgan fingerprint density at radius 3 is 3.09 bits per heavy atom. The van der Waals surface area contributed by atoms with Crippen LogP contribution in [0, 0.1) is 0 Å². The molecule has 2 aliphatic heterocycles. The number of carbonyl (C=O) groups excluding carboxylic acids is 2. The monoisotopic (exact) mass is 335 g/mol. The van der Waals surface area contributed by atoms with Gasteiger partial charge < -0.3 is 21.7 Å². The Morgan fingerprint density at radius 2 is 2.26 bits per heavy atom. The zero-order valence-corrected chi connectivity index (χ0v) is 13.6. The maximum atomic E-state index is 11.9. The Hall–Kier alpha value is -1.96. The molecular weight excluding hydrogens is 314 g/mol. The molecule has 0 bridgehead atoms. The molecule has 0 spiro atoms. The average molecular weight is 335 g/mol. The number of hydrogen-bond acceptors (Lipinski definition) is 5. The average Bonchev–Trinajstić information content (AvgIpc) is 3.03. The van der Waals surface area contributed by atoms with Gasteiger partial charge in [0.1, 0.15) is 11.6 Å². The number of carbonyl (C=O) groups is 2. The van der Waals surface area contributed by atoms with Crippen molar-refractivity contribution in [2.45, 2.75) is 43.0 Å². The van der Waals surface area contributed by atoms with Gasteiger partial charge in [-0.1, -0.05) is 12.5 Å². The van der Waals surface area contributed by atoms with Gasteiger partial charge >= 0.3 is 6.03 Å². The van der Waals surface area contributed by atoms with Crippen molar-refractivity contribution in [3.05, 3.63) is 18.2 Å². The second-order valence-electron chi connectivity index (χ2n) is 5.86. The maximum Gasteiger partial charge on any atom is 0.315 e. The summed E-state index contributed by atoms with van der Waals surface area (Å²) in [5.41, 5.74) is 5.58. The van der Waals surface area contributed by atoms with Crippen molar-refractivity contribution in [2.24, 2.45) is 0 Å². The summed E-state index contributed by atoms with van der Waals surface area (Å²) in [6.07, 6.45) is 3.27. The van der Waals surface area contributed by atoms with E-state index in [-0.39, 0.29) is 24.0 Å². The molecule has 2 saturated heterocycles. The summed E-state index contributed by atoms with van der Waals surface area (Å²) in [6.45, 7) is 0. The lowest BCUT2D eigenvalue weighted by Crippen LogP contribution is -2.36. The van der Waals surface area contributed by atoms with Gasteiger partial charge in [0.25, 0.3) is 0 Å². The largest absolute Gasteiger partial charge is 0.384 e. The summed E-state index contributed by atoms with van der Waals surface area (Å²) in [7, 11) is 0. The molecule has 3 heterocycles. The van der Waals surface area contributed by atoms with Crippen molar-refractivity contribution in [3.63, 3.8) is 0 Å². The summed E-state index contributed by atoms with van der Waals surface area (Å²) in [5.74, 6) is 1.80. The molecule has 5 N–H and O–H groups in total. The molecule has 3 unspecified atom stereocenters. The van der Waals surface area contributed by atoms with Gasteiger partial charge in [0.05, 0.1) is 12.1 Å². The maximum absolute atomic E-state index is 11.9. The minimum atomic E-state index is -0.0562. The van der Waals surface area contributed by atoms with Crippen LogP contribution in [0.5, 0.6) is 0 Å². The van der Waals surface area contributed by atoms with Gasteiger partial charge in [-0.15, -0.1) is 0 Å². The van der Waals surface area contributed by atoms with Gasteiger partial charge in [-0.3, -0.25) is 4.79 Å². The van der Waals surface area contributed by atoms with Crippen molar-refractivity contribution in [1.29, 1.82) is 0 Å². The number of aromatic nitrogens is 1. The molecule has 3 amide bonds. The number of unbranched alkanes of at least 4 members (excludes halogenated alkanes) is 1. The summed E-state index contributed by atoms with van der Waals surface area (Å²) in [5, 5.41) is 9.11. The molecular formula is C15H21N5O2S. The van der Waals surface area contributed by atoms with Crippen molar-refractivity contribution in [3.8, 4) is 0 Å². The number of thioether (sulfide) groups is 1. The first-order valence-corrected chi connectivity index (χ1v) is 8.88. The third-order valence-electron chi connectivity index (χ3n) is 4.12. The smallest absolute Gasteiger partial charge is 0.315 e. The molecule has 0 radical (unpaired) electrons. The number of nitrogens with two attached hydrogens (primary N) is 1. The quantitative estimate of drug-likeness (QED) is 0.463. The normalized spacial score (nSPS) is 25.6. The molecule has 2 aliphatic rings. The van der Waals surface area contributed by atoms with E-state index in [0.717, 1.165) is 25.0 Å². The van der Waals surface area contributed by atoms with Gasteiger partial charge in [-0.05, 0) is 25.0 Å². The molecule has 124 valence electrons. The number of rotatable bonds is 6. The molecule has 7 nitrogen and oxygen atoms in total. The molecule has 0 aromatic carbocycles. The fourth-order valence-electron chi connectivity index (χ4n) is 3.00. The fourth-order valence-corrected chi connectivity index (χ4v) is 4.54. The number of pyridine rings is 1. The SMILES string of the molecule is Nc1cccc(NC(=O)CCCCC2SCC3NC(=O)NC32)n1. The molecule has 23 heavy (non-hydrogen) atoms. The number of anilines is 2. The molecule has 1 aromatic heterocycles. The number of urea groups is 1. The van der Waals surface area contributed by atoms with Crippen LogP contribution in [0.3, 0.4) is 0 Å². The second kappa shape index (κ2) is 7.08. The first-order chi connectivity index (χ1) is 11.1. The van der Waals surface area contributed by atoms with Crippen molar-refractivity contribution in [1.82, 2.24) is 15.6 Å². The Labute approximate surface area is 139 Å². The number of nitrogen functional groups attached to an aromatic ring is 1. The van der Waals surface area contributed by atoms with Crippen molar-refractivity contribution >= 4 is 35.3 Å². The van der Waals surface area contributed by atoms with Crippen LogP contribution in [-0.2, 0) is 4.79 Å².